The first-order valence-corrected chi connectivity index (χ1v) is 11.8. The number of methoxy groups -OCH3 is 2. The lowest BCUT2D eigenvalue weighted by atomic mass is 10.2. The van der Waals surface area contributed by atoms with Crippen molar-refractivity contribution in [1.29, 1.82) is 0 Å². The molecule has 1 N–H and O–H groups in total. The van der Waals surface area contributed by atoms with Crippen LogP contribution in [-0.2, 0) is 35.0 Å². The molecular formula is C21H31NO8S2. The van der Waals surface area contributed by atoms with Crippen molar-refractivity contribution in [3.63, 3.8) is 0 Å². The van der Waals surface area contributed by atoms with Gasteiger partial charge in [0.1, 0.15) is 10.5 Å². The van der Waals surface area contributed by atoms with E-state index in [9.17, 15) is 19.2 Å². The normalized spacial score (nSPS) is 12.1. The molecule has 0 bridgehead atoms. The average molecular weight is 490 g/mol. The maximum Gasteiger partial charge on any atom is 0.407 e. The summed E-state index contributed by atoms with van der Waals surface area (Å²) in [6, 6.07) is 3.53. The molecule has 1 heterocycles. The molecule has 0 aromatic carbocycles. The summed E-state index contributed by atoms with van der Waals surface area (Å²) in [5, 5.41) is 1.16. The van der Waals surface area contributed by atoms with E-state index in [1.165, 1.54) is 25.6 Å². The van der Waals surface area contributed by atoms with Gasteiger partial charge in [0.15, 0.2) is 5.25 Å². The number of esters is 3. The van der Waals surface area contributed by atoms with Crippen molar-refractivity contribution in [2.24, 2.45) is 0 Å². The number of amides is 1. The highest BCUT2D eigenvalue weighted by molar-refractivity contribution is 8.01. The van der Waals surface area contributed by atoms with Gasteiger partial charge in [0.05, 0.1) is 20.8 Å². The van der Waals surface area contributed by atoms with Crippen LogP contribution in [0.15, 0.2) is 12.1 Å². The highest BCUT2D eigenvalue weighted by atomic mass is 32.2. The topological polar surface area (TPSA) is 117 Å². The van der Waals surface area contributed by atoms with E-state index in [0.717, 1.165) is 16.6 Å². The lowest BCUT2D eigenvalue weighted by Gasteiger charge is -2.23. The first-order chi connectivity index (χ1) is 15.0. The van der Waals surface area contributed by atoms with Gasteiger partial charge in [0.25, 0.3) is 0 Å². The molecule has 1 rings (SSSR count). The second-order valence-electron chi connectivity index (χ2n) is 7.59. The molecule has 0 fully saturated rings. The maximum atomic E-state index is 12.1. The molecule has 32 heavy (non-hydrogen) atoms. The molecule has 0 radical (unpaired) electrons. The van der Waals surface area contributed by atoms with Crippen molar-refractivity contribution >= 4 is 47.1 Å². The summed E-state index contributed by atoms with van der Waals surface area (Å²) in [6.45, 7) is 7.44. The molecule has 0 aliphatic heterocycles. The number of nitrogens with one attached hydrogen (secondary N) is 1. The van der Waals surface area contributed by atoms with Crippen molar-refractivity contribution < 1.29 is 38.1 Å². The minimum Gasteiger partial charge on any atom is -0.468 e. The molecule has 1 aromatic heterocycles. The van der Waals surface area contributed by atoms with Crippen molar-refractivity contribution in [2.75, 3.05) is 27.4 Å². The van der Waals surface area contributed by atoms with E-state index >= 15 is 0 Å². The van der Waals surface area contributed by atoms with Gasteiger partial charge >= 0.3 is 24.0 Å². The van der Waals surface area contributed by atoms with E-state index in [2.05, 4.69) is 5.32 Å². The third-order valence-corrected chi connectivity index (χ3v) is 6.45. The predicted molar refractivity (Wildman–Crippen MR) is 122 cm³/mol. The summed E-state index contributed by atoms with van der Waals surface area (Å²) in [5.41, 5.74) is -0.659. The summed E-state index contributed by atoms with van der Waals surface area (Å²) < 4.78 is 19.7. The number of rotatable bonds is 11. The fourth-order valence-electron chi connectivity index (χ4n) is 2.47. The minimum atomic E-state index is -1.19. The van der Waals surface area contributed by atoms with E-state index < -0.39 is 28.9 Å². The number of hydrogen-bond acceptors (Lipinski definition) is 10. The number of thioether (sulfide) groups is 1. The van der Waals surface area contributed by atoms with E-state index in [0.29, 0.717) is 24.3 Å². The molecule has 0 saturated carbocycles. The maximum absolute atomic E-state index is 12.1. The molecule has 1 amide bonds. The quantitative estimate of drug-likeness (QED) is 0.284. The van der Waals surface area contributed by atoms with E-state index in [-0.39, 0.29) is 17.8 Å². The Hall–Kier alpha value is -2.27. The van der Waals surface area contributed by atoms with E-state index in [1.807, 2.05) is 6.07 Å². The molecule has 1 aromatic rings. The number of alkyl carbamates (subject to hydrolysis) is 1. The van der Waals surface area contributed by atoms with Crippen LogP contribution in [0.5, 0.6) is 0 Å². The van der Waals surface area contributed by atoms with Crippen LogP contribution in [0.3, 0.4) is 0 Å². The molecule has 9 nitrogen and oxygen atoms in total. The fourth-order valence-corrected chi connectivity index (χ4v) is 4.62. The SMILES string of the molecule is CCOC(=O)c1ccc(CC[C@@H](CNC(=O)OC(C)(C)C)SC(C(=O)OC)C(=O)OC)s1. The summed E-state index contributed by atoms with van der Waals surface area (Å²) in [5.74, 6) is -1.84. The van der Waals surface area contributed by atoms with Gasteiger partial charge in [-0.05, 0) is 52.7 Å². The van der Waals surface area contributed by atoms with Gasteiger partial charge in [-0.1, -0.05) is 0 Å². The smallest absolute Gasteiger partial charge is 0.407 e. The van der Waals surface area contributed by atoms with Crippen LogP contribution in [0.2, 0.25) is 0 Å². The standard InChI is InChI=1S/C21H31NO8S2/c1-7-29-17(23)15-11-10-13(31-15)8-9-14(12-22-20(26)30-21(2,3)4)32-16(18(24)27-5)19(25)28-6/h10-11,14,16H,7-9,12H2,1-6H3,(H,22,26)/t14-/m0/s1. The first kappa shape index (κ1) is 27.8. The van der Waals surface area contributed by atoms with Crippen LogP contribution in [0.1, 0.15) is 48.7 Å². The highest BCUT2D eigenvalue weighted by Crippen LogP contribution is 2.26. The van der Waals surface area contributed by atoms with Crippen LogP contribution in [0.4, 0.5) is 4.79 Å². The van der Waals surface area contributed by atoms with Gasteiger partial charge in [-0.3, -0.25) is 9.59 Å². The number of ether oxygens (including phenoxy) is 4. The monoisotopic (exact) mass is 489 g/mol. The van der Waals surface area contributed by atoms with Gasteiger partial charge < -0.3 is 24.3 Å². The minimum absolute atomic E-state index is 0.153. The summed E-state index contributed by atoms with van der Waals surface area (Å²) in [6.07, 6.45) is 0.470. The van der Waals surface area contributed by atoms with Gasteiger partial charge in [0, 0.05) is 16.7 Å². The Labute approximate surface area is 196 Å². The Morgan fingerprint density at radius 2 is 1.72 bits per heavy atom. The van der Waals surface area contributed by atoms with Crippen molar-refractivity contribution in [2.45, 2.75) is 56.6 Å². The predicted octanol–water partition coefficient (Wildman–Crippen LogP) is 3.20. The third-order valence-electron chi connectivity index (χ3n) is 3.88. The number of hydrogen-bond donors (Lipinski definition) is 1. The van der Waals surface area contributed by atoms with Crippen LogP contribution in [-0.4, -0.2) is 67.5 Å². The lowest BCUT2D eigenvalue weighted by molar-refractivity contribution is -0.150. The number of carbonyl (C=O) groups is 4. The highest BCUT2D eigenvalue weighted by Gasteiger charge is 2.32. The first-order valence-electron chi connectivity index (χ1n) is 10.0. The Morgan fingerprint density at radius 1 is 1.09 bits per heavy atom. The number of aryl methyl sites for hydroxylation is 1. The fraction of sp³-hybridized carbons (Fsp3) is 0.619. The summed E-state index contributed by atoms with van der Waals surface area (Å²) >= 11 is 2.37. The number of thiophene rings is 1. The second kappa shape index (κ2) is 13.3. The van der Waals surface area contributed by atoms with Crippen molar-refractivity contribution in [1.82, 2.24) is 5.32 Å². The van der Waals surface area contributed by atoms with Crippen LogP contribution in [0, 0.1) is 0 Å². The Morgan fingerprint density at radius 3 is 2.25 bits per heavy atom. The van der Waals surface area contributed by atoms with E-state index in [4.69, 9.17) is 18.9 Å². The Bertz CT molecular complexity index is 771. The summed E-state index contributed by atoms with van der Waals surface area (Å²) in [7, 11) is 2.38. The zero-order chi connectivity index (χ0) is 24.3. The van der Waals surface area contributed by atoms with Gasteiger partial charge in [-0.2, -0.15) is 0 Å². The summed E-state index contributed by atoms with van der Waals surface area (Å²) in [4.78, 5) is 49.5. The third kappa shape index (κ3) is 9.90. The molecule has 0 spiro atoms. The van der Waals surface area contributed by atoms with Crippen molar-refractivity contribution in [3.05, 3.63) is 21.9 Å². The molecule has 0 saturated heterocycles. The second-order valence-corrected chi connectivity index (χ2v) is 10.2. The van der Waals surface area contributed by atoms with E-state index in [1.54, 1.807) is 33.8 Å². The zero-order valence-electron chi connectivity index (χ0n) is 19.2. The lowest BCUT2D eigenvalue weighted by Crippen LogP contribution is -2.38. The number of carbonyl (C=O) groups excluding carboxylic acids is 4. The van der Waals surface area contributed by atoms with Crippen LogP contribution >= 0.6 is 23.1 Å². The van der Waals surface area contributed by atoms with Gasteiger partial charge in [-0.25, -0.2) is 9.59 Å². The molecule has 0 aliphatic rings. The largest absolute Gasteiger partial charge is 0.468 e. The van der Waals surface area contributed by atoms with Crippen molar-refractivity contribution in [3.8, 4) is 0 Å². The molecule has 11 heteroatoms. The molecule has 0 aliphatic carbocycles. The Balaban J connectivity index is 2.88. The molecule has 0 unspecified atom stereocenters. The van der Waals surface area contributed by atoms with Gasteiger partial charge in [-0.15, -0.1) is 23.1 Å². The molecule has 1 atom stereocenters. The van der Waals surface area contributed by atoms with Gasteiger partial charge in [0.2, 0.25) is 0 Å². The molecule has 180 valence electrons. The van der Waals surface area contributed by atoms with Crippen LogP contribution in [0.25, 0.3) is 0 Å². The van der Waals surface area contributed by atoms with Crippen LogP contribution < -0.4 is 5.32 Å². The Kier molecular flexibility index (Phi) is 11.6. The zero-order valence-corrected chi connectivity index (χ0v) is 20.9. The molecular weight excluding hydrogens is 458 g/mol. The average Bonchev–Trinajstić information content (AvgIpc) is 3.20.